The first-order chi connectivity index (χ1) is 22.5. The second kappa shape index (κ2) is 15.2. The maximum Gasteiger partial charge on any atom is 0.339 e. The molecule has 5 aromatic rings. The Morgan fingerprint density at radius 2 is 0.894 bits per heavy atom. The van der Waals surface area contributed by atoms with E-state index >= 15 is 0 Å². The Morgan fingerprint density at radius 3 is 1.26 bits per heavy atom. The summed E-state index contributed by atoms with van der Waals surface area (Å²) in [7, 11) is 0. The number of hydrogen-bond donors (Lipinski definition) is 6. The van der Waals surface area contributed by atoms with E-state index in [1.54, 1.807) is 6.20 Å². The van der Waals surface area contributed by atoms with Crippen LogP contribution < -0.4 is 0 Å². The molecule has 0 aliphatic carbocycles. The summed E-state index contributed by atoms with van der Waals surface area (Å²) in [6.45, 7) is 0. The zero-order valence-electron chi connectivity index (χ0n) is 24.2. The van der Waals surface area contributed by atoms with Crippen LogP contribution in [0.3, 0.4) is 0 Å². The normalized spacial score (nSPS) is 10.8. The summed E-state index contributed by atoms with van der Waals surface area (Å²) in [5.74, 6) is -4.94. The molecule has 0 aliphatic rings. The maximum atomic E-state index is 11.0. The van der Waals surface area contributed by atoms with Crippen LogP contribution in [0.15, 0.2) is 124 Å². The second-order valence-electron chi connectivity index (χ2n) is 9.58. The van der Waals surface area contributed by atoms with Gasteiger partial charge in [-0.3, -0.25) is 4.98 Å². The summed E-state index contributed by atoms with van der Waals surface area (Å²) in [5, 5.41) is 70.6. The number of aromatic nitrogens is 1. The van der Waals surface area contributed by atoms with E-state index < -0.39 is 29.4 Å². The molecule has 14 heteroatoms. The molecule has 47 heavy (non-hydrogen) atoms. The summed E-state index contributed by atoms with van der Waals surface area (Å²) in [5.41, 5.74) is 2.57. The molecular weight excluding hydrogens is 610 g/mol. The predicted molar refractivity (Wildman–Crippen MR) is 167 cm³/mol. The lowest BCUT2D eigenvalue weighted by atomic mass is 10.1. The highest BCUT2D eigenvalue weighted by Gasteiger charge is 2.12. The highest BCUT2D eigenvalue weighted by atomic mass is 16.4. The third-order valence-electron chi connectivity index (χ3n) is 6.24. The van der Waals surface area contributed by atoms with Crippen molar-refractivity contribution in [3.63, 3.8) is 0 Å². The van der Waals surface area contributed by atoms with E-state index in [0.717, 1.165) is 41.9 Å². The number of carboxylic acid groups (broad SMARTS) is 3. The van der Waals surface area contributed by atoms with Gasteiger partial charge in [-0.05, 0) is 84.4 Å². The Hall–Kier alpha value is -6.96. The molecule has 0 radical (unpaired) electrons. The van der Waals surface area contributed by atoms with Gasteiger partial charge in [-0.1, -0.05) is 18.2 Å². The lowest BCUT2D eigenvalue weighted by molar-refractivity contribution is 0.0682. The lowest BCUT2D eigenvalue weighted by Gasteiger charge is -2.02. The van der Waals surface area contributed by atoms with Crippen LogP contribution >= 0.6 is 0 Å². The molecular formula is C33H25N5O9. The van der Waals surface area contributed by atoms with E-state index in [0.29, 0.717) is 11.4 Å². The molecule has 0 saturated heterocycles. The molecule has 1 aromatic heterocycles. The van der Waals surface area contributed by atoms with Crippen LogP contribution in [0.1, 0.15) is 42.3 Å². The average Bonchev–Trinajstić information content (AvgIpc) is 3.05. The van der Waals surface area contributed by atoms with Crippen LogP contribution in [0, 0.1) is 0 Å². The van der Waals surface area contributed by atoms with Crippen molar-refractivity contribution in [3.05, 3.63) is 131 Å². The van der Waals surface area contributed by atoms with Gasteiger partial charge in [0.2, 0.25) is 0 Å². The van der Waals surface area contributed by atoms with Crippen LogP contribution in [0.5, 0.6) is 17.2 Å². The monoisotopic (exact) mass is 635 g/mol. The number of carbonyl (C=O) groups is 3. The van der Waals surface area contributed by atoms with Gasteiger partial charge in [-0.2, -0.15) is 20.5 Å². The van der Waals surface area contributed by atoms with Gasteiger partial charge in [-0.15, -0.1) is 0 Å². The highest BCUT2D eigenvalue weighted by Crippen LogP contribution is 2.28. The molecule has 4 aromatic carbocycles. The number of hydrogen-bond acceptors (Lipinski definition) is 11. The fourth-order valence-electron chi connectivity index (χ4n) is 3.90. The summed E-state index contributed by atoms with van der Waals surface area (Å²) in [4.78, 5) is 37.1. The quantitative estimate of drug-likeness (QED) is 0.0877. The van der Waals surface area contributed by atoms with Crippen LogP contribution in [-0.2, 0) is 6.42 Å². The number of benzene rings is 4. The van der Waals surface area contributed by atoms with Crippen molar-refractivity contribution >= 4 is 40.7 Å². The molecule has 0 fully saturated rings. The minimum absolute atomic E-state index is 0.167. The first-order valence-corrected chi connectivity index (χ1v) is 13.5. The summed E-state index contributed by atoms with van der Waals surface area (Å²) < 4.78 is 0. The van der Waals surface area contributed by atoms with E-state index in [-0.39, 0.29) is 33.8 Å². The van der Waals surface area contributed by atoms with E-state index in [1.165, 1.54) is 30.3 Å². The van der Waals surface area contributed by atoms with E-state index in [4.69, 9.17) is 15.3 Å². The van der Waals surface area contributed by atoms with Crippen molar-refractivity contribution in [2.45, 2.75) is 6.42 Å². The zero-order valence-corrected chi connectivity index (χ0v) is 24.2. The van der Waals surface area contributed by atoms with Crippen molar-refractivity contribution in [1.29, 1.82) is 0 Å². The molecule has 0 aliphatic heterocycles. The molecule has 236 valence electrons. The SMILES string of the molecule is O=C(O)c1cc(N=Nc2ccc(Cc3ccccn3)cc2)ccc1O.O=C(O)c1cc(N=Nc2ccc(O)c(C(=O)O)c2)ccc1O. The van der Waals surface area contributed by atoms with Gasteiger partial charge in [0.25, 0.3) is 0 Å². The maximum absolute atomic E-state index is 11.0. The highest BCUT2D eigenvalue weighted by molar-refractivity contribution is 5.93. The molecule has 0 amide bonds. The fraction of sp³-hybridized carbons (Fsp3) is 0.0303. The number of carboxylic acids is 3. The topological polar surface area (TPSA) is 235 Å². The molecule has 0 saturated carbocycles. The minimum Gasteiger partial charge on any atom is -0.507 e. The Labute approximate surface area is 265 Å². The zero-order chi connectivity index (χ0) is 33.9. The number of nitrogens with zero attached hydrogens (tertiary/aromatic N) is 5. The van der Waals surface area contributed by atoms with Gasteiger partial charge in [0.05, 0.1) is 22.7 Å². The summed E-state index contributed by atoms with van der Waals surface area (Å²) >= 11 is 0. The number of rotatable bonds is 9. The lowest BCUT2D eigenvalue weighted by Crippen LogP contribution is -1.96. The van der Waals surface area contributed by atoms with Crippen molar-refractivity contribution < 1.29 is 45.0 Å². The van der Waals surface area contributed by atoms with E-state index in [1.807, 2.05) is 42.5 Å². The Balaban J connectivity index is 0.000000215. The molecule has 0 bridgehead atoms. The average molecular weight is 636 g/mol. The first kappa shape index (κ1) is 32.9. The number of aromatic carboxylic acids is 3. The number of phenols is 3. The molecule has 0 atom stereocenters. The molecule has 6 N–H and O–H groups in total. The van der Waals surface area contributed by atoms with Crippen LogP contribution in [0.4, 0.5) is 22.7 Å². The van der Waals surface area contributed by atoms with Crippen molar-refractivity contribution in [2.75, 3.05) is 0 Å². The van der Waals surface area contributed by atoms with E-state index in [9.17, 15) is 29.7 Å². The first-order valence-electron chi connectivity index (χ1n) is 13.5. The predicted octanol–water partition coefficient (Wildman–Crippen LogP) is 7.40. The van der Waals surface area contributed by atoms with Crippen LogP contribution in [-0.4, -0.2) is 53.5 Å². The molecule has 1 heterocycles. The van der Waals surface area contributed by atoms with Crippen molar-refractivity contribution in [1.82, 2.24) is 4.98 Å². The third-order valence-corrected chi connectivity index (χ3v) is 6.24. The van der Waals surface area contributed by atoms with Gasteiger partial charge in [0, 0.05) is 18.3 Å². The van der Waals surface area contributed by atoms with Gasteiger partial charge in [-0.25, -0.2) is 14.4 Å². The Morgan fingerprint density at radius 1 is 0.511 bits per heavy atom. The van der Waals surface area contributed by atoms with E-state index in [2.05, 4.69) is 25.4 Å². The molecule has 5 rings (SSSR count). The van der Waals surface area contributed by atoms with Crippen LogP contribution in [0.2, 0.25) is 0 Å². The number of pyridine rings is 1. The van der Waals surface area contributed by atoms with Crippen molar-refractivity contribution in [3.8, 4) is 17.2 Å². The molecule has 14 nitrogen and oxygen atoms in total. The third kappa shape index (κ3) is 9.26. The minimum atomic E-state index is -1.31. The largest absolute Gasteiger partial charge is 0.507 e. The summed E-state index contributed by atoms with van der Waals surface area (Å²) in [6, 6.07) is 24.7. The van der Waals surface area contributed by atoms with Crippen molar-refractivity contribution in [2.24, 2.45) is 20.5 Å². The number of azo groups is 2. The van der Waals surface area contributed by atoms with Gasteiger partial charge in [0.1, 0.15) is 33.9 Å². The smallest absolute Gasteiger partial charge is 0.339 e. The molecule has 0 spiro atoms. The standard InChI is InChI=1S/C19H15N3O3.C14H10N2O6/c23-18-9-8-16(12-17(18)19(24)25)22-21-14-6-4-13(5-7-14)11-15-3-1-2-10-20-15;17-11-3-1-7(5-9(11)13(19)20)15-16-8-2-4-12(18)10(6-8)14(21)22/h1-10,12,23H,11H2,(H,24,25);1-6,17-18H,(H,19,20)(H,21,22). The Bertz CT molecular complexity index is 1910. The van der Waals surface area contributed by atoms with Gasteiger partial charge < -0.3 is 30.6 Å². The van der Waals surface area contributed by atoms with Gasteiger partial charge >= 0.3 is 17.9 Å². The fourth-order valence-corrected chi connectivity index (χ4v) is 3.90. The Kier molecular flexibility index (Phi) is 10.6. The number of aromatic hydroxyl groups is 3. The van der Waals surface area contributed by atoms with Gasteiger partial charge in [0.15, 0.2) is 0 Å². The molecule has 0 unspecified atom stereocenters. The second-order valence-corrected chi connectivity index (χ2v) is 9.58. The van der Waals surface area contributed by atoms with Crippen LogP contribution in [0.25, 0.3) is 0 Å². The summed E-state index contributed by atoms with van der Waals surface area (Å²) in [6.07, 6.45) is 2.50.